The molecule has 0 atom stereocenters. The van der Waals surface area contributed by atoms with Crippen molar-refractivity contribution in [3.05, 3.63) is 78.4 Å². The number of carbonyl (C=O) groups excluding carboxylic acids is 2. The molecule has 0 radical (unpaired) electrons. The fourth-order valence-electron chi connectivity index (χ4n) is 7.04. The summed E-state index contributed by atoms with van der Waals surface area (Å²) in [5.74, 6) is 1.84. The first-order valence-electron chi connectivity index (χ1n) is 16.5. The van der Waals surface area contributed by atoms with Gasteiger partial charge in [0.05, 0.1) is 17.9 Å². The van der Waals surface area contributed by atoms with Crippen LogP contribution in [0, 0.1) is 11.3 Å². The minimum atomic E-state index is -0.179. The number of benzene rings is 1. The van der Waals surface area contributed by atoms with Crippen LogP contribution < -0.4 is 25.8 Å². The summed E-state index contributed by atoms with van der Waals surface area (Å²) in [7, 11) is 1.88. The highest BCUT2D eigenvalue weighted by atomic mass is 16.2. The molecule has 13 heteroatoms. The average molecular weight is 646 g/mol. The number of nitrogens with zero attached hydrogens (tertiary/aromatic N) is 8. The molecule has 2 saturated heterocycles. The number of hydrogen-bond donors (Lipinski definition) is 3. The topological polar surface area (TPSA) is 157 Å². The Balaban J connectivity index is 1.02. The van der Waals surface area contributed by atoms with Gasteiger partial charge in [-0.15, -0.1) is 0 Å². The molecule has 1 spiro atoms. The number of anilines is 3. The minimum Gasteiger partial charge on any atom is -0.355 e. The van der Waals surface area contributed by atoms with Crippen LogP contribution in [-0.2, 0) is 18.4 Å². The second-order valence-corrected chi connectivity index (χ2v) is 13.0. The Bertz CT molecular complexity index is 1790. The van der Waals surface area contributed by atoms with E-state index in [1.807, 2.05) is 55.7 Å². The van der Waals surface area contributed by atoms with Crippen LogP contribution in [0.2, 0.25) is 0 Å². The third-order valence-corrected chi connectivity index (χ3v) is 9.75. The van der Waals surface area contributed by atoms with Crippen molar-refractivity contribution in [1.29, 1.82) is 5.26 Å². The zero-order chi connectivity index (χ0) is 33.1. The number of carbonyl (C=O) groups is 2. The van der Waals surface area contributed by atoms with Crippen LogP contribution in [0.25, 0.3) is 11.1 Å². The molecule has 3 amide bonds. The molecule has 0 unspecified atom stereocenters. The van der Waals surface area contributed by atoms with Crippen molar-refractivity contribution in [2.24, 2.45) is 7.05 Å². The summed E-state index contributed by atoms with van der Waals surface area (Å²) < 4.78 is 1.75. The summed E-state index contributed by atoms with van der Waals surface area (Å²) in [4.78, 5) is 43.2. The first-order valence-corrected chi connectivity index (χ1v) is 16.5. The van der Waals surface area contributed by atoms with E-state index in [2.05, 4.69) is 37.0 Å². The van der Waals surface area contributed by atoms with E-state index < -0.39 is 0 Å². The molecule has 5 heterocycles. The number of piperidine rings is 1. The Morgan fingerprint density at radius 3 is 2.46 bits per heavy atom. The van der Waals surface area contributed by atoms with E-state index in [9.17, 15) is 14.9 Å². The number of nitriles is 1. The molecule has 13 nitrogen and oxygen atoms in total. The molecule has 4 aromatic rings. The van der Waals surface area contributed by atoms with Crippen molar-refractivity contribution in [2.45, 2.75) is 69.1 Å². The van der Waals surface area contributed by atoms with Gasteiger partial charge in [-0.3, -0.25) is 14.4 Å². The van der Waals surface area contributed by atoms with Gasteiger partial charge in [-0.2, -0.15) is 15.3 Å². The lowest BCUT2D eigenvalue weighted by molar-refractivity contribution is -0.133. The van der Waals surface area contributed by atoms with Gasteiger partial charge in [-0.05, 0) is 56.2 Å². The lowest BCUT2D eigenvalue weighted by Crippen LogP contribution is -2.65. The zero-order valence-electron chi connectivity index (χ0n) is 27.0. The van der Waals surface area contributed by atoms with Gasteiger partial charge in [0.15, 0.2) is 5.82 Å². The predicted molar refractivity (Wildman–Crippen MR) is 181 cm³/mol. The SMILES string of the molecule is Cn1cc(-c2ccc(N(C(=O)NCc3ccccc3)C3CCC(Nc4ncc(C#N)c(N5CCC6(CC5)CC(=O)N6)n4)CC3)nc2)cn1. The van der Waals surface area contributed by atoms with Gasteiger partial charge in [0, 0.05) is 68.7 Å². The monoisotopic (exact) mass is 645 g/mol. The van der Waals surface area contributed by atoms with E-state index in [1.54, 1.807) is 28.2 Å². The van der Waals surface area contributed by atoms with Crippen molar-refractivity contribution in [3.8, 4) is 17.2 Å². The molecule has 3 aromatic heterocycles. The van der Waals surface area contributed by atoms with Crippen molar-refractivity contribution in [3.63, 3.8) is 0 Å². The highest BCUT2D eigenvalue weighted by Gasteiger charge is 2.45. The van der Waals surface area contributed by atoms with Crippen LogP contribution >= 0.6 is 0 Å². The van der Waals surface area contributed by atoms with Gasteiger partial charge in [0.25, 0.3) is 0 Å². The van der Waals surface area contributed by atoms with E-state index in [1.165, 1.54) is 0 Å². The maximum Gasteiger partial charge on any atom is 0.323 e. The maximum atomic E-state index is 13.7. The van der Waals surface area contributed by atoms with Gasteiger partial charge in [-0.1, -0.05) is 30.3 Å². The summed E-state index contributed by atoms with van der Waals surface area (Å²) >= 11 is 0. The standard InChI is InChI=1S/C35H39N11O2/c1-44-23-27(22-40-44)25-7-12-30(37-20-25)46(34(48)39-19-24-5-3-2-4-6-24)29-10-8-28(9-11-29)41-33-38-21-26(18-36)32(42-33)45-15-13-35(14-16-45)17-31(47)43-35/h2-7,12,20-23,28-29H,8-11,13-17,19H2,1H3,(H,39,48)(H,43,47)(H,38,41,42). The van der Waals surface area contributed by atoms with Crippen LogP contribution in [0.5, 0.6) is 0 Å². The van der Waals surface area contributed by atoms with Gasteiger partial charge in [0.2, 0.25) is 11.9 Å². The predicted octanol–water partition coefficient (Wildman–Crippen LogP) is 4.14. The quantitative estimate of drug-likeness (QED) is 0.240. The highest BCUT2D eigenvalue weighted by Crippen LogP contribution is 2.35. The summed E-state index contributed by atoms with van der Waals surface area (Å²) in [5.41, 5.74) is 3.27. The smallest absolute Gasteiger partial charge is 0.323 e. The molecule has 3 fully saturated rings. The molecule has 246 valence electrons. The molecule has 1 aliphatic carbocycles. The zero-order valence-corrected chi connectivity index (χ0v) is 27.0. The minimum absolute atomic E-state index is 0.0410. The average Bonchev–Trinajstić information content (AvgIpc) is 3.55. The third kappa shape index (κ3) is 6.64. The van der Waals surface area contributed by atoms with Gasteiger partial charge >= 0.3 is 6.03 Å². The Labute approximate surface area is 279 Å². The summed E-state index contributed by atoms with van der Waals surface area (Å²) in [6.07, 6.45) is 12.5. The largest absolute Gasteiger partial charge is 0.355 e. The van der Waals surface area contributed by atoms with Crippen molar-refractivity contribution >= 4 is 29.5 Å². The third-order valence-electron chi connectivity index (χ3n) is 9.75. The lowest BCUT2D eigenvalue weighted by atomic mass is 9.78. The first-order chi connectivity index (χ1) is 23.4. The normalized spacial score (nSPS) is 19.9. The van der Waals surface area contributed by atoms with Crippen molar-refractivity contribution in [2.75, 3.05) is 28.2 Å². The molecule has 1 aromatic carbocycles. The van der Waals surface area contributed by atoms with E-state index in [0.29, 0.717) is 36.1 Å². The molecule has 7 rings (SSSR count). The first kappa shape index (κ1) is 31.1. The Kier molecular flexibility index (Phi) is 8.63. The van der Waals surface area contributed by atoms with E-state index in [4.69, 9.17) is 9.97 Å². The van der Waals surface area contributed by atoms with Gasteiger partial charge in [0.1, 0.15) is 17.5 Å². The van der Waals surface area contributed by atoms with Crippen LogP contribution in [0.1, 0.15) is 56.1 Å². The Morgan fingerprint density at radius 1 is 1.04 bits per heavy atom. The molecular weight excluding hydrogens is 606 g/mol. The van der Waals surface area contributed by atoms with Crippen LogP contribution in [0.3, 0.4) is 0 Å². The molecule has 48 heavy (non-hydrogen) atoms. The van der Waals surface area contributed by atoms with Crippen LogP contribution in [0.15, 0.2) is 67.3 Å². The number of amides is 3. The van der Waals surface area contributed by atoms with Gasteiger partial charge < -0.3 is 20.9 Å². The molecule has 1 saturated carbocycles. The number of urea groups is 1. The van der Waals surface area contributed by atoms with E-state index in [0.717, 1.165) is 68.3 Å². The van der Waals surface area contributed by atoms with Gasteiger partial charge in [-0.25, -0.2) is 14.8 Å². The number of aromatic nitrogens is 5. The Morgan fingerprint density at radius 2 is 1.81 bits per heavy atom. The maximum absolute atomic E-state index is 13.7. The number of aryl methyl sites for hydroxylation is 1. The molecular formula is C35H39N11O2. The summed E-state index contributed by atoms with van der Waals surface area (Å²) in [6.45, 7) is 1.86. The van der Waals surface area contributed by atoms with E-state index >= 15 is 0 Å². The lowest BCUT2D eigenvalue weighted by Gasteiger charge is -2.48. The summed E-state index contributed by atoms with van der Waals surface area (Å²) in [5, 5.41) is 23.7. The summed E-state index contributed by atoms with van der Waals surface area (Å²) in [6, 6.07) is 15.9. The number of hydrogen-bond acceptors (Lipinski definition) is 9. The van der Waals surface area contributed by atoms with Crippen LogP contribution in [-0.4, -0.2) is 67.4 Å². The number of β-lactam (4-membered cyclic amide) rings is 1. The fraction of sp³-hybridized carbons (Fsp3) is 0.400. The number of nitrogens with one attached hydrogen (secondary N) is 3. The van der Waals surface area contributed by atoms with Crippen molar-refractivity contribution < 1.29 is 9.59 Å². The van der Waals surface area contributed by atoms with Crippen LogP contribution in [0.4, 0.5) is 22.4 Å². The number of pyridine rings is 1. The molecule has 0 bridgehead atoms. The fourth-order valence-corrected chi connectivity index (χ4v) is 7.04. The molecule has 3 N–H and O–H groups in total. The highest BCUT2D eigenvalue weighted by molar-refractivity contribution is 5.91. The second-order valence-electron chi connectivity index (χ2n) is 13.0. The second kappa shape index (κ2) is 13.3. The molecule has 2 aliphatic heterocycles. The Hall–Kier alpha value is -5.51. The van der Waals surface area contributed by atoms with Crippen molar-refractivity contribution in [1.82, 2.24) is 35.4 Å². The molecule has 3 aliphatic rings. The van der Waals surface area contributed by atoms with E-state index in [-0.39, 0.29) is 29.6 Å². The number of rotatable bonds is 8.